The molecule has 1 aliphatic heterocycles. The van der Waals surface area contributed by atoms with Gasteiger partial charge in [0.1, 0.15) is 5.54 Å². The second-order valence-corrected chi connectivity index (χ2v) is 5.15. The number of methoxy groups -OCH3 is 1. The lowest BCUT2D eigenvalue weighted by atomic mass is 9.97. The Kier molecular flexibility index (Phi) is 3.65. The summed E-state index contributed by atoms with van der Waals surface area (Å²) in [6, 6.07) is 4.74. The van der Waals surface area contributed by atoms with E-state index >= 15 is 0 Å². The number of halogens is 1. The van der Waals surface area contributed by atoms with E-state index in [1.807, 2.05) is 0 Å². The number of hydrogen-bond donors (Lipinski definition) is 1. The first kappa shape index (κ1) is 14.3. The molecule has 1 N–H and O–H groups in total. The zero-order valence-corrected chi connectivity index (χ0v) is 11.7. The van der Waals surface area contributed by atoms with Crippen molar-refractivity contribution in [1.82, 2.24) is 10.2 Å². The highest BCUT2D eigenvalue weighted by Gasteiger charge is 2.41. The number of nitrogens with one attached hydrogen (secondary N) is 1. The van der Waals surface area contributed by atoms with Crippen LogP contribution in [0.25, 0.3) is 0 Å². The van der Waals surface area contributed by atoms with Gasteiger partial charge in [0.25, 0.3) is 0 Å². The summed E-state index contributed by atoms with van der Waals surface area (Å²) >= 11 is 0. The van der Waals surface area contributed by atoms with Crippen molar-refractivity contribution < 1.29 is 18.7 Å². The molecule has 1 heterocycles. The molecule has 2 amide bonds. The number of piperazine rings is 1. The monoisotopic (exact) mass is 280 g/mol. The summed E-state index contributed by atoms with van der Waals surface area (Å²) in [5, 5.41) is 2.53. The van der Waals surface area contributed by atoms with Crippen LogP contribution in [-0.4, -0.2) is 35.9 Å². The maximum Gasteiger partial charge on any atom is 0.245 e. The summed E-state index contributed by atoms with van der Waals surface area (Å²) in [5.41, 5.74) is -0.689. The topological polar surface area (TPSA) is 58.6 Å². The summed E-state index contributed by atoms with van der Waals surface area (Å²) in [6.45, 7) is 3.24. The fourth-order valence-electron chi connectivity index (χ4n) is 2.19. The van der Waals surface area contributed by atoms with Crippen LogP contribution in [0.3, 0.4) is 0 Å². The Bertz CT molecular complexity index is 557. The van der Waals surface area contributed by atoms with Gasteiger partial charge in [-0.1, -0.05) is 12.1 Å². The lowest BCUT2D eigenvalue weighted by molar-refractivity contribution is -0.152. The van der Waals surface area contributed by atoms with E-state index in [2.05, 4.69) is 5.32 Å². The molecule has 20 heavy (non-hydrogen) atoms. The van der Waals surface area contributed by atoms with Crippen molar-refractivity contribution in [2.24, 2.45) is 0 Å². The van der Waals surface area contributed by atoms with E-state index in [1.54, 1.807) is 26.0 Å². The Labute approximate surface area is 116 Å². The Balaban J connectivity index is 2.32. The summed E-state index contributed by atoms with van der Waals surface area (Å²) in [6.07, 6.45) is 0. The number of amides is 2. The highest BCUT2D eigenvalue weighted by atomic mass is 19.1. The molecule has 6 heteroatoms. The Morgan fingerprint density at radius 1 is 1.40 bits per heavy atom. The molecule has 1 aromatic rings. The summed E-state index contributed by atoms with van der Waals surface area (Å²) in [7, 11) is 1.38. The third-order valence-corrected chi connectivity index (χ3v) is 3.52. The number of carbonyl (C=O) groups excluding carboxylic acids is 2. The molecule has 1 aliphatic rings. The van der Waals surface area contributed by atoms with Crippen LogP contribution in [0, 0.1) is 5.82 Å². The molecule has 1 fully saturated rings. The zero-order chi connectivity index (χ0) is 14.9. The molecule has 0 bridgehead atoms. The minimum Gasteiger partial charge on any atom is -0.494 e. The first-order valence-corrected chi connectivity index (χ1v) is 6.28. The molecule has 0 radical (unpaired) electrons. The third-order valence-electron chi connectivity index (χ3n) is 3.52. The van der Waals surface area contributed by atoms with Crippen LogP contribution in [0.4, 0.5) is 4.39 Å². The predicted octanol–water partition coefficient (Wildman–Crippen LogP) is 1.07. The largest absolute Gasteiger partial charge is 0.494 e. The third kappa shape index (κ3) is 2.33. The highest BCUT2D eigenvalue weighted by Crippen LogP contribution is 2.25. The molecule has 108 valence electrons. The number of carbonyl (C=O) groups is 2. The predicted molar refractivity (Wildman–Crippen MR) is 70.6 cm³/mol. The molecule has 0 aromatic heterocycles. The molecule has 0 aliphatic carbocycles. The average Bonchev–Trinajstić information content (AvgIpc) is 2.41. The van der Waals surface area contributed by atoms with Gasteiger partial charge in [-0.3, -0.25) is 9.59 Å². The van der Waals surface area contributed by atoms with Gasteiger partial charge in [0.15, 0.2) is 11.6 Å². The van der Waals surface area contributed by atoms with Crippen LogP contribution in [0.15, 0.2) is 18.2 Å². The highest BCUT2D eigenvalue weighted by molar-refractivity contribution is 5.97. The zero-order valence-electron chi connectivity index (χ0n) is 11.7. The Hall–Kier alpha value is -2.11. The number of rotatable bonds is 3. The minimum absolute atomic E-state index is 0.0300. The van der Waals surface area contributed by atoms with Crippen LogP contribution >= 0.6 is 0 Å². The van der Waals surface area contributed by atoms with Gasteiger partial charge in [-0.05, 0) is 19.9 Å². The average molecular weight is 280 g/mol. The molecular formula is C14H17FN2O3. The number of nitrogens with zero attached hydrogens (tertiary/aromatic N) is 1. The second-order valence-electron chi connectivity index (χ2n) is 5.15. The standard InChI is InChI=1S/C14H17FN2O3/c1-14(2)13(19)16-7-11(18)17(14)8-9-5-4-6-10(20-3)12(9)15/h4-6H,7-8H2,1-3H3,(H,16,19). The van der Waals surface area contributed by atoms with Gasteiger partial charge in [-0.2, -0.15) is 0 Å². The summed E-state index contributed by atoms with van der Waals surface area (Å²) in [4.78, 5) is 25.2. The molecule has 2 rings (SSSR count). The van der Waals surface area contributed by atoms with Gasteiger partial charge in [0.05, 0.1) is 13.7 Å². The lowest BCUT2D eigenvalue weighted by Crippen LogP contribution is -2.63. The van der Waals surface area contributed by atoms with E-state index in [0.29, 0.717) is 5.56 Å². The van der Waals surface area contributed by atoms with Crippen molar-refractivity contribution in [3.05, 3.63) is 29.6 Å². The molecule has 1 aromatic carbocycles. The van der Waals surface area contributed by atoms with Crippen molar-refractivity contribution in [2.45, 2.75) is 25.9 Å². The van der Waals surface area contributed by atoms with Gasteiger partial charge < -0.3 is 15.0 Å². The minimum atomic E-state index is -1.01. The second kappa shape index (κ2) is 5.11. The van der Waals surface area contributed by atoms with E-state index in [4.69, 9.17) is 4.74 Å². The van der Waals surface area contributed by atoms with Crippen molar-refractivity contribution >= 4 is 11.8 Å². The maximum absolute atomic E-state index is 14.1. The molecule has 0 saturated carbocycles. The number of benzene rings is 1. The van der Waals surface area contributed by atoms with Crippen molar-refractivity contribution in [3.8, 4) is 5.75 Å². The Morgan fingerprint density at radius 3 is 2.75 bits per heavy atom. The molecule has 0 spiro atoms. The SMILES string of the molecule is COc1cccc(CN2C(=O)CNC(=O)C2(C)C)c1F. The molecule has 1 saturated heterocycles. The molecule has 0 atom stereocenters. The first-order valence-electron chi connectivity index (χ1n) is 6.28. The van der Waals surface area contributed by atoms with Gasteiger partial charge in [0, 0.05) is 12.1 Å². The quantitative estimate of drug-likeness (QED) is 0.901. The lowest BCUT2D eigenvalue weighted by Gasteiger charge is -2.41. The van der Waals surface area contributed by atoms with Crippen molar-refractivity contribution in [3.63, 3.8) is 0 Å². The molecule has 0 unspecified atom stereocenters. The van der Waals surface area contributed by atoms with E-state index in [9.17, 15) is 14.0 Å². The fourth-order valence-corrected chi connectivity index (χ4v) is 2.19. The Morgan fingerprint density at radius 2 is 2.10 bits per heavy atom. The fraction of sp³-hybridized carbons (Fsp3) is 0.429. The normalized spacial score (nSPS) is 17.9. The summed E-state index contributed by atoms with van der Waals surface area (Å²) in [5.74, 6) is -0.879. The van der Waals surface area contributed by atoms with Gasteiger partial charge in [-0.25, -0.2) is 4.39 Å². The number of ether oxygens (including phenoxy) is 1. The summed E-state index contributed by atoms with van der Waals surface area (Å²) < 4.78 is 19.1. The van der Waals surface area contributed by atoms with Crippen LogP contribution < -0.4 is 10.1 Å². The van der Waals surface area contributed by atoms with Crippen LogP contribution in [0.1, 0.15) is 19.4 Å². The van der Waals surface area contributed by atoms with E-state index < -0.39 is 11.4 Å². The first-order chi connectivity index (χ1) is 9.37. The van der Waals surface area contributed by atoms with Crippen LogP contribution in [-0.2, 0) is 16.1 Å². The smallest absolute Gasteiger partial charge is 0.245 e. The van der Waals surface area contributed by atoms with E-state index in [-0.39, 0.29) is 30.7 Å². The van der Waals surface area contributed by atoms with E-state index in [0.717, 1.165) is 0 Å². The van der Waals surface area contributed by atoms with E-state index in [1.165, 1.54) is 18.1 Å². The van der Waals surface area contributed by atoms with Crippen molar-refractivity contribution in [2.75, 3.05) is 13.7 Å². The van der Waals surface area contributed by atoms with Gasteiger partial charge >= 0.3 is 0 Å². The molecule has 5 nitrogen and oxygen atoms in total. The van der Waals surface area contributed by atoms with Crippen molar-refractivity contribution in [1.29, 1.82) is 0 Å². The van der Waals surface area contributed by atoms with Crippen LogP contribution in [0.5, 0.6) is 5.75 Å². The molecular weight excluding hydrogens is 263 g/mol. The maximum atomic E-state index is 14.1. The van der Waals surface area contributed by atoms with Gasteiger partial charge in [0.2, 0.25) is 11.8 Å². The van der Waals surface area contributed by atoms with Gasteiger partial charge in [-0.15, -0.1) is 0 Å². The van der Waals surface area contributed by atoms with Crippen LogP contribution in [0.2, 0.25) is 0 Å². The number of hydrogen-bond acceptors (Lipinski definition) is 3.